The van der Waals surface area contributed by atoms with Crippen molar-refractivity contribution in [3.63, 3.8) is 0 Å². The van der Waals surface area contributed by atoms with E-state index in [1.807, 2.05) is 24.7 Å². The predicted molar refractivity (Wildman–Crippen MR) is 110 cm³/mol. The number of anilines is 1. The number of nitrogens with one attached hydrogen (secondary N) is 1. The lowest BCUT2D eigenvalue weighted by molar-refractivity contribution is 0.0815. The standard InChI is InChI=1S/C20H31N7O/c1-7-27-17(8-10-21-27)15(4)22-16-9-11-26(12-16)19-13(2)14(3)23-18(24-19)20(28)25(5)6/h8,10,15-16,22H,7,9,11-12H2,1-6H3/t15?,16-/m1/s1. The van der Waals surface area contributed by atoms with Crippen LogP contribution in [0.25, 0.3) is 0 Å². The summed E-state index contributed by atoms with van der Waals surface area (Å²) in [7, 11) is 3.44. The van der Waals surface area contributed by atoms with Gasteiger partial charge in [-0.1, -0.05) is 0 Å². The molecule has 1 N–H and O–H groups in total. The summed E-state index contributed by atoms with van der Waals surface area (Å²) in [5.41, 5.74) is 3.09. The van der Waals surface area contributed by atoms with E-state index >= 15 is 0 Å². The highest BCUT2D eigenvalue weighted by Crippen LogP contribution is 2.25. The van der Waals surface area contributed by atoms with Crippen molar-refractivity contribution in [1.29, 1.82) is 0 Å². The van der Waals surface area contributed by atoms with Crippen LogP contribution in [-0.4, -0.2) is 63.8 Å². The maximum Gasteiger partial charge on any atom is 0.291 e. The molecule has 0 bridgehead atoms. The first kappa shape index (κ1) is 20.3. The zero-order chi connectivity index (χ0) is 20.4. The van der Waals surface area contributed by atoms with Crippen molar-refractivity contribution in [2.24, 2.45) is 0 Å². The number of aryl methyl sites for hydroxylation is 2. The Balaban J connectivity index is 1.74. The fourth-order valence-corrected chi connectivity index (χ4v) is 3.72. The van der Waals surface area contributed by atoms with Crippen molar-refractivity contribution in [2.45, 2.75) is 52.7 Å². The molecule has 2 aromatic heterocycles. The van der Waals surface area contributed by atoms with Gasteiger partial charge in [0.15, 0.2) is 0 Å². The minimum Gasteiger partial charge on any atom is -0.355 e. The van der Waals surface area contributed by atoms with Crippen LogP contribution in [0.1, 0.15) is 53.9 Å². The van der Waals surface area contributed by atoms with Crippen LogP contribution in [0, 0.1) is 13.8 Å². The zero-order valence-corrected chi connectivity index (χ0v) is 17.7. The van der Waals surface area contributed by atoms with Gasteiger partial charge in [-0.15, -0.1) is 0 Å². The molecule has 8 nitrogen and oxygen atoms in total. The first-order valence-electron chi connectivity index (χ1n) is 9.91. The van der Waals surface area contributed by atoms with Crippen LogP contribution in [0.2, 0.25) is 0 Å². The van der Waals surface area contributed by atoms with E-state index in [-0.39, 0.29) is 17.8 Å². The Bertz CT molecular complexity index is 845. The number of carbonyl (C=O) groups excluding carboxylic acids is 1. The fourth-order valence-electron chi connectivity index (χ4n) is 3.72. The number of hydrogen-bond acceptors (Lipinski definition) is 6. The topological polar surface area (TPSA) is 79.2 Å². The monoisotopic (exact) mass is 385 g/mol. The van der Waals surface area contributed by atoms with Gasteiger partial charge in [0.05, 0.1) is 5.69 Å². The van der Waals surface area contributed by atoms with E-state index in [0.29, 0.717) is 6.04 Å². The predicted octanol–water partition coefficient (Wildman–Crippen LogP) is 1.94. The third-order valence-electron chi connectivity index (χ3n) is 5.43. The molecule has 3 heterocycles. The highest BCUT2D eigenvalue weighted by atomic mass is 16.2. The van der Waals surface area contributed by atoms with Crippen molar-refractivity contribution < 1.29 is 4.79 Å². The van der Waals surface area contributed by atoms with E-state index in [1.54, 1.807) is 14.1 Å². The van der Waals surface area contributed by atoms with Gasteiger partial charge in [-0.25, -0.2) is 9.97 Å². The Hall–Kier alpha value is -2.48. The molecule has 2 aromatic rings. The largest absolute Gasteiger partial charge is 0.355 e. The summed E-state index contributed by atoms with van der Waals surface area (Å²) in [5.74, 6) is 0.965. The van der Waals surface area contributed by atoms with Crippen LogP contribution in [0.4, 0.5) is 5.82 Å². The molecule has 152 valence electrons. The van der Waals surface area contributed by atoms with Gasteiger partial charge in [0, 0.05) is 63.3 Å². The molecule has 0 aliphatic carbocycles. The molecule has 8 heteroatoms. The first-order valence-corrected chi connectivity index (χ1v) is 9.91. The Morgan fingerprint density at radius 2 is 2.11 bits per heavy atom. The lowest BCUT2D eigenvalue weighted by Crippen LogP contribution is -2.36. The summed E-state index contributed by atoms with van der Waals surface area (Å²) in [6, 6.07) is 2.66. The quantitative estimate of drug-likeness (QED) is 0.819. The van der Waals surface area contributed by atoms with Crippen LogP contribution in [0.5, 0.6) is 0 Å². The van der Waals surface area contributed by atoms with Crippen LogP contribution >= 0.6 is 0 Å². The summed E-state index contributed by atoms with van der Waals surface area (Å²) in [4.78, 5) is 25.1. The smallest absolute Gasteiger partial charge is 0.291 e. The van der Waals surface area contributed by atoms with Crippen LogP contribution in [-0.2, 0) is 6.54 Å². The minimum absolute atomic E-state index is 0.167. The second-order valence-electron chi connectivity index (χ2n) is 7.67. The van der Waals surface area contributed by atoms with Gasteiger partial charge >= 0.3 is 0 Å². The molecule has 0 spiro atoms. The van der Waals surface area contributed by atoms with Crippen molar-refractivity contribution in [2.75, 3.05) is 32.1 Å². The number of nitrogens with zero attached hydrogens (tertiary/aromatic N) is 6. The summed E-state index contributed by atoms with van der Waals surface area (Å²) in [6.07, 6.45) is 2.89. The molecule has 0 saturated carbocycles. The van der Waals surface area contributed by atoms with Gasteiger partial charge in [-0.3, -0.25) is 9.48 Å². The van der Waals surface area contributed by atoms with Gasteiger partial charge in [-0.05, 0) is 40.2 Å². The number of amides is 1. The molecule has 1 amide bonds. The Morgan fingerprint density at radius 1 is 1.36 bits per heavy atom. The van der Waals surface area contributed by atoms with Crippen LogP contribution in [0.15, 0.2) is 12.3 Å². The molecular formula is C20H31N7O. The van der Waals surface area contributed by atoms with Crippen molar-refractivity contribution in [3.8, 4) is 0 Å². The van der Waals surface area contributed by atoms with Crippen molar-refractivity contribution >= 4 is 11.7 Å². The molecular weight excluding hydrogens is 354 g/mol. The molecule has 3 rings (SSSR count). The zero-order valence-electron chi connectivity index (χ0n) is 17.7. The average Bonchev–Trinajstić information content (AvgIpc) is 3.32. The average molecular weight is 386 g/mol. The second kappa shape index (κ2) is 8.26. The Morgan fingerprint density at radius 3 is 2.79 bits per heavy atom. The Kier molecular flexibility index (Phi) is 5.98. The van der Waals surface area contributed by atoms with Crippen LogP contribution in [0.3, 0.4) is 0 Å². The number of rotatable bonds is 6. The SMILES string of the molecule is CCn1nccc1C(C)N[C@@H]1CCN(c2nc(C(=O)N(C)C)nc(C)c2C)C1. The summed E-state index contributed by atoms with van der Waals surface area (Å²) >= 11 is 0. The Labute approximate surface area is 167 Å². The van der Waals surface area contributed by atoms with Gasteiger partial charge < -0.3 is 15.1 Å². The lowest BCUT2D eigenvalue weighted by Gasteiger charge is -2.23. The summed E-state index contributed by atoms with van der Waals surface area (Å²) in [5, 5.41) is 8.09. The lowest BCUT2D eigenvalue weighted by atomic mass is 10.2. The van der Waals surface area contributed by atoms with E-state index in [1.165, 1.54) is 10.6 Å². The molecule has 1 unspecified atom stereocenters. The molecule has 1 aliphatic rings. The summed E-state index contributed by atoms with van der Waals surface area (Å²) < 4.78 is 2.03. The summed E-state index contributed by atoms with van der Waals surface area (Å²) in [6.45, 7) is 10.9. The first-order chi connectivity index (χ1) is 13.3. The minimum atomic E-state index is -0.167. The normalized spacial score (nSPS) is 17.8. The molecule has 0 aromatic carbocycles. The van der Waals surface area contributed by atoms with E-state index in [2.05, 4.69) is 45.2 Å². The number of aromatic nitrogens is 4. The molecule has 28 heavy (non-hydrogen) atoms. The van der Waals surface area contributed by atoms with Gasteiger partial charge in [0.25, 0.3) is 5.91 Å². The second-order valence-corrected chi connectivity index (χ2v) is 7.67. The molecule has 0 radical (unpaired) electrons. The maximum absolute atomic E-state index is 12.3. The van der Waals surface area contributed by atoms with E-state index in [9.17, 15) is 4.79 Å². The van der Waals surface area contributed by atoms with Crippen molar-refractivity contribution in [3.05, 3.63) is 35.0 Å². The molecule has 1 saturated heterocycles. The van der Waals surface area contributed by atoms with Gasteiger partial charge in [0.2, 0.25) is 5.82 Å². The highest BCUT2D eigenvalue weighted by Gasteiger charge is 2.28. The molecule has 1 aliphatic heterocycles. The van der Waals surface area contributed by atoms with E-state index < -0.39 is 0 Å². The van der Waals surface area contributed by atoms with Gasteiger partial charge in [0.1, 0.15) is 5.82 Å². The van der Waals surface area contributed by atoms with E-state index in [4.69, 9.17) is 0 Å². The van der Waals surface area contributed by atoms with Gasteiger partial charge in [-0.2, -0.15) is 5.10 Å². The number of carbonyl (C=O) groups is 1. The van der Waals surface area contributed by atoms with Crippen molar-refractivity contribution in [1.82, 2.24) is 30.0 Å². The third-order valence-corrected chi connectivity index (χ3v) is 5.43. The van der Waals surface area contributed by atoms with E-state index in [0.717, 1.165) is 43.1 Å². The molecule has 1 fully saturated rings. The van der Waals surface area contributed by atoms with Crippen LogP contribution < -0.4 is 10.2 Å². The third kappa shape index (κ3) is 4.01. The molecule has 2 atom stereocenters. The highest BCUT2D eigenvalue weighted by molar-refractivity contribution is 5.90. The number of hydrogen-bond donors (Lipinski definition) is 1. The maximum atomic E-state index is 12.3. The fraction of sp³-hybridized carbons (Fsp3) is 0.600.